The van der Waals surface area contributed by atoms with E-state index < -0.39 is 29.1 Å². The highest BCUT2D eigenvalue weighted by Crippen LogP contribution is 2.38. The summed E-state index contributed by atoms with van der Waals surface area (Å²) in [5.41, 5.74) is -0.551. The third kappa shape index (κ3) is 3.57. The van der Waals surface area contributed by atoms with Gasteiger partial charge in [-0.15, -0.1) is 0 Å². The first-order valence-electron chi connectivity index (χ1n) is 9.48. The van der Waals surface area contributed by atoms with E-state index in [-0.39, 0.29) is 34.6 Å². The molecule has 4 rings (SSSR count). The molecule has 0 spiro atoms. The van der Waals surface area contributed by atoms with E-state index in [4.69, 9.17) is 4.52 Å². The molecule has 10 heteroatoms. The first-order chi connectivity index (χ1) is 14.1. The van der Waals surface area contributed by atoms with E-state index in [0.29, 0.717) is 25.1 Å². The zero-order valence-electron chi connectivity index (χ0n) is 16.3. The molecule has 1 aliphatic heterocycles. The van der Waals surface area contributed by atoms with Crippen LogP contribution in [0.4, 0.5) is 13.2 Å². The van der Waals surface area contributed by atoms with Crippen LogP contribution in [0.2, 0.25) is 0 Å². The summed E-state index contributed by atoms with van der Waals surface area (Å²) in [6.45, 7) is 3.72. The van der Waals surface area contributed by atoms with Crippen molar-refractivity contribution in [2.24, 2.45) is 0 Å². The molecule has 0 radical (unpaired) electrons. The standard InChI is InChI=1S/C20H19F3N4O3/c1-10-5-6-13(17(28)24-10)19(29)27-7-3-4-12(9-27)15-8-14(20(21,22)23)16-11(2)26-30-18(16)25-15/h5-6,8,12H,3-4,7,9H2,1-2H3,(H,24,28). The van der Waals surface area contributed by atoms with E-state index in [1.54, 1.807) is 13.0 Å². The van der Waals surface area contributed by atoms with Crippen LogP contribution in [0.3, 0.4) is 0 Å². The summed E-state index contributed by atoms with van der Waals surface area (Å²) in [5, 5.41) is 3.46. The number of amides is 1. The number of hydrogen-bond donors (Lipinski definition) is 1. The maximum atomic E-state index is 13.6. The summed E-state index contributed by atoms with van der Waals surface area (Å²) in [5.74, 6) is -0.864. The van der Waals surface area contributed by atoms with E-state index >= 15 is 0 Å². The largest absolute Gasteiger partial charge is 0.417 e. The molecule has 1 amide bonds. The lowest BCUT2D eigenvalue weighted by Crippen LogP contribution is -2.41. The van der Waals surface area contributed by atoms with E-state index in [9.17, 15) is 22.8 Å². The number of carbonyl (C=O) groups is 1. The number of likely N-dealkylation sites (tertiary alicyclic amines) is 1. The lowest BCUT2D eigenvalue weighted by atomic mass is 9.92. The number of alkyl halides is 3. The van der Waals surface area contributed by atoms with Crippen LogP contribution in [0.15, 0.2) is 27.5 Å². The number of rotatable bonds is 2. The highest BCUT2D eigenvalue weighted by Gasteiger charge is 2.37. The zero-order valence-corrected chi connectivity index (χ0v) is 16.3. The van der Waals surface area contributed by atoms with Crippen molar-refractivity contribution < 1.29 is 22.5 Å². The van der Waals surface area contributed by atoms with Crippen molar-refractivity contribution >= 4 is 17.0 Å². The Balaban J connectivity index is 1.67. The number of nitrogens with one attached hydrogen (secondary N) is 1. The van der Waals surface area contributed by atoms with Crippen molar-refractivity contribution in [2.75, 3.05) is 13.1 Å². The number of piperidine rings is 1. The average Bonchev–Trinajstić information content (AvgIpc) is 3.07. The average molecular weight is 420 g/mol. The quantitative estimate of drug-likeness (QED) is 0.684. The lowest BCUT2D eigenvalue weighted by molar-refractivity contribution is -0.136. The summed E-state index contributed by atoms with van der Waals surface area (Å²) in [4.78, 5) is 33.3. The monoisotopic (exact) mass is 420 g/mol. The number of nitrogens with zero attached hydrogens (tertiary/aromatic N) is 3. The summed E-state index contributed by atoms with van der Waals surface area (Å²) in [7, 11) is 0. The summed E-state index contributed by atoms with van der Waals surface area (Å²) < 4.78 is 45.9. The van der Waals surface area contributed by atoms with Crippen molar-refractivity contribution in [1.82, 2.24) is 20.0 Å². The number of aromatic amines is 1. The molecular formula is C20H19F3N4O3. The van der Waals surface area contributed by atoms with Crippen LogP contribution in [-0.2, 0) is 6.18 Å². The number of fused-ring (bicyclic) bond motifs is 1. The second kappa shape index (κ2) is 7.26. The highest BCUT2D eigenvalue weighted by atomic mass is 19.4. The van der Waals surface area contributed by atoms with Gasteiger partial charge < -0.3 is 14.4 Å². The fourth-order valence-electron chi connectivity index (χ4n) is 3.86. The Kier molecular flexibility index (Phi) is 4.87. The molecule has 1 saturated heterocycles. The molecule has 0 aliphatic carbocycles. The van der Waals surface area contributed by atoms with Crippen molar-refractivity contribution in [3.8, 4) is 0 Å². The molecule has 4 heterocycles. The van der Waals surface area contributed by atoms with Gasteiger partial charge in [-0.05, 0) is 44.9 Å². The Morgan fingerprint density at radius 1 is 1.30 bits per heavy atom. The maximum absolute atomic E-state index is 13.6. The smallest absolute Gasteiger partial charge is 0.338 e. The minimum absolute atomic E-state index is 0.00602. The number of pyridine rings is 2. The van der Waals surface area contributed by atoms with Gasteiger partial charge in [-0.3, -0.25) is 9.59 Å². The van der Waals surface area contributed by atoms with Gasteiger partial charge in [0, 0.05) is 24.7 Å². The van der Waals surface area contributed by atoms with Gasteiger partial charge in [-0.25, -0.2) is 4.98 Å². The predicted molar refractivity (Wildman–Crippen MR) is 101 cm³/mol. The lowest BCUT2D eigenvalue weighted by Gasteiger charge is -2.32. The number of carbonyl (C=O) groups excluding carboxylic acids is 1. The van der Waals surface area contributed by atoms with E-state index in [1.807, 2.05) is 0 Å². The van der Waals surface area contributed by atoms with Gasteiger partial charge in [0.05, 0.1) is 22.3 Å². The van der Waals surface area contributed by atoms with Crippen LogP contribution in [0.5, 0.6) is 0 Å². The number of aryl methyl sites for hydroxylation is 2. The van der Waals surface area contributed by atoms with Crippen molar-refractivity contribution in [1.29, 1.82) is 0 Å². The van der Waals surface area contributed by atoms with Crippen LogP contribution in [0.25, 0.3) is 11.1 Å². The molecule has 3 aromatic rings. The van der Waals surface area contributed by atoms with Crippen LogP contribution in [-0.4, -0.2) is 39.0 Å². The Morgan fingerprint density at radius 3 is 2.77 bits per heavy atom. The molecule has 158 valence electrons. The van der Waals surface area contributed by atoms with Gasteiger partial charge in [0.2, 0.25) is 0 Å². The minimum Gasteiger partial charge on any atom is -0.338 e. The van der Waals surface area contributed by atoms with Gasteiger partial charge in [-0.1, -0.05) is 5.16 Å². The minimum atomic E-state index is -4.59. The molecule has 3 aromatic heterocycles. The number of hydrogen-bond acceptors (Lipinski definition) is 5. The first kappa shape index (κ1) is 20.1. The Labute approximate surface area is 168 Å². The number of H-pyrrole nitrogens is 1. The van der Waals surface area contributed by atoms with Gasteiger partial charge in [0.1, 0.15) is 5.56 Å². The highest BCUT2D eigenvalue weighted by molar-refractivity contribution is 5.94. The molecule has 30 heavy (non-hydrogen) atoms. The van der Waals surface area contributed by atoms with E-state index in [1.165, 1.54) is 17.9 Å². The second-order valence-corrected chi connectivity index (χ2v) is 7.52. The molecule has 1 N–H and O–H groups in total. The van der Waals surface area contributed by atoms with Crippen molar-refractivity contribution in [2.45, 2.75) is 38.8 Å². The summed E-state index contributed by atoms with van der Waals surface area (Å²) >= 11 is 0. The Hall–Kier alpha value is -3.17. The number of halogens is 3. The molecule has 1 unspecified atom stereocenters. The maximum Gasteiger partial charge on any atom is 0.417 e. The fraction of sp³-hybridized carbons (Fsp3) is 0.400. The topological polar surface area (TPSA) is 92.1 Å². The normalized spacial score (nSPS) is 17.5. The molecule has 0 saturated carbocycles. The van der Waals surface area contributed by atoms with Crippen LogP contribution in [0, 0.1) is 13.8 Å². The van der Waals surface area contributed by atoms with Gasteiger partial charge in [-0.2, -0.15) is 13.2 Å². The fourth-order valence-corrected chi connectivity index (χ4v) is 3.86. The Bertz CT molecular complexity index is 1180. The van der Waals surface area contributed by atoms with Crippen molar-refractivity contribution in [3.63, 3.8) is 0 Å². The number of aromatic nitrogens is 3. The van der Waals surface area contributed by atoms with Gasteiger partial charge in [0.15, 0.2) is 0 Å². The van der Waals surface area contributed by atoms with Crippen molar-refractivity contribution in [3.05, 3.63) is 56.8 Å². The Morgan fingerprint density at radius 2 is 2.07 bits per heavy atom. The zero-order chi connectivity index (χ0) is 21.6. The predicted octanol–water partition coefficient (Wildman–Crippen LogP) is 3.57. The second-order valence-electron chi connectivity index (χ2n) is 7.52. The molecule has 7 nitrogen and oxygen atoms in total. The third-order valence-corrected chi connectivity index (χ3v) is 5.35. The summed E-state index contributed by atoms with van der Waals surface area (Å²) in [6, 6.07) is 4.11. The molecule has 1 atom stereocenters. The first-order valence-corrected chi connectivity index (χ1v) is 9.48. The van der Waals surface area contributed by atoms with Crippen LogP contribution < -0.4 is 5.56 Å². The SMILES string of the molecule is Cc1ccc(C(=O)N2CCCC(c3cc(C(F)(F)F)c4c(C)noc4n3)C2)c(=O)[nH]1. The van der Waals surface area contributed by atoms with Crippen LogP contribution >= 0.6 is 0 Å². The summed E-state index contributed by atoms with van der Waals surface area (Å²) in [6.07, 6.45) is -3.45. The molecule has 0 aromatic carbocycles. The van der Waals surface area contributed by atoms with Crippen LogP contribution in [0.1, 0.15) is 51.8 Å². The third-order valence-electron chi connectivity index (χ3n) is 5.35. The van der Waals surface area contributed by atoms with E-state index in [2.05, 4.69) is 15.1 Å². The van der Waals surface area contributed by atoms with E-state index in [0.717, 1.165) is 6.07 Å². The molecular weight excluding hydrogens is 401 g/mol. The molecule has 1 aliphatic rings. The molecule has 1 fully saturated rings. The molecule has 0 bridgehead atoms. The van der Waals surface area contributed by atoms with Gasteiger partial charge in [0.25, 0.3) is 17.2 Å². The van der Waals surface area contributed by atoms with Gasteiger partial charge >= 0.3 is 6.18 Å².